The Kier molecular flexibility index (Phi) is 5.04. The van der Waals surface area contributed by atoms with E-state index in [0.29, 0.717) is 17.4 Å². The van der Waals surface area contributed by atoms with Crippen molar-refractivity contribution >= 4 is 46.6 Å². The molecule has 2 aromatic carbocycles. The van der Waals surface area contributed by atoms with Crippen LogP contribution in [0.3, 0.4) is 0 Å². The maximum atomic E-state index is 14.1. The number of likely N-dealkylation sites (tertiary alicyclic amines) is 1. The van der Waals surface area contributed by atoms with Crippen molar-refractivity contribution in [3.8, 4) is 0 Å². The summed E-state index contributed by atoms with van der Waals surface area (Å²) >= 11 is 7.68. The van der Waals surface area contributed by atoms with Gasteiger partial charge in [-0.2, -0.15) is 0 Å². The molecule has 1 spiro atoms. The minimum atomic E-state index is -1.09. The van der Waals surface area contributed by atoms with Gasteiger partial charge in [0.2, 0.25) is 10.8 Å². The molecule has 0 aliphatic carbocycles. The number of rotatable bonds is 3. The van der Waals surface area contributed by atoms with E-state index in [4.69, 9.17) is 11.6 Å². The molecule has 30 heavy (non-hydrogen) atoms. The largest absolute Gasteiger partial charge is 0.295 e. The molecule has 0 saturated carbocycles. The molecule has 5 rings (SSSR count). The number of halogens is 1. The van der Waals surface area contributed by atoms with Crippen LogP contribution in [0.4, 0.5) is 11.4 Å². The van der Waals surface area contributed by atoms with Crippen molar-refractivity contribution in [2.45, 2.75) is 36.3 Å². The number of carbonyl (C=O) groups is 2. The molecule has 3 aliphatic heterocycles. The van der Waals surface area contributed by atoms with E-state index in [0.717, 1.165) is 37.2 Å². The summed E-state index contributed by atoms with van der Waals surface area (Å²) in [7, 11) is 0. The van der Waals surface area contributed by atoms with Gasteiger partial charge >= 0.3 is 0 Å². The van der Waals surface area contributed by atoms with E-state index < -0.39 is 4.87 Å². The first-order chi connectivity index (χ1) is 14.5. The van der Waals surface area contributed by atoms with E-state index in [1.807, 2.05) is 48.2 Å². The number of piperidine rings is 1. The zero-order chi connectivity index (χ0) is 20.9. The van der Waals surface area contributed by atoms with Gasteiger partial charge in [0.25, 0.3) is 5.91 Å². The van der Waals surface area contributed by atoms with Crippen LogP contribution < -0.4 is 9.80 Å². The van der Waals surface area contributed by atoms with Gasteiger partial charge in [-0.15, -0.1) is 11.8 Å². The van der Waals surface area contributed by atoms with Crippen LogP contribution in [0.5, 0.6) is 0 Å². The highest BCUT2D eigenvalue weighted by Crippen LogP contribution is 2.57. The lowest BCUT2D eigenvalue weighted by atomic mass is 10.0. The molecular formula is C23H24ClN3O2S. The number of hydrogen-bond acceptors (Lipinski definition) is 4. The molecule has 2 atom stereocenters. The lowest BCUT2D eigenvalue weighted by Crippen LogP contribution is -2.52. The third-order valence-corrected chi connectivity index (χ3v) is 7.89. The SMILES string of the molecule is CC1SC2(C(=O)N(CN3CCCCC3)c3ccccc32)N(c2cccc(Cl)c2)C1=O. The van der Waals surface area contributed by atoms with Crippen LogP contribution in [0, 0.1) is 0 Å². The molecule has 156 valence electrons. The fourth-order valence-electron chi connectivity index (χ4n) is 4.79. The lowest BCUT2D eigenvalue weighted by Gasteiger charge is -2.35. The number of nitrogens with zero attached hydrogens (tertiary/aromatic N) is 3. The van der Waals surface area contributed by atoms with Gasteiger partial charge < -0.3 is 0 Å². The molecule has 2 saturated heterocycles. The molecule has 3 aliphatic rings. The van der Waals surface area contributed by atoms with Crippen LogP contribution in [-0.2, 0) is 14.5 Å². The van der Waals surface area contributed by atoms with E-state index in [2.05, 4.69) is 4.90 Å². The summed E-state index contributed by atoms with van der Waals surface area (Å²) in [5.41, 5.74) is 2.44. The Morgan fingerprint density at radius 1 is 1.07 bits per heavy atom. The molecule has 3 heterocycles. The maximum absolute atomic E-state index is 14.1. The molecule has 0 N–H and O–H groups in total. The summed E-state index contributed by atoms with van der Waals surface area (Å²) in [6.07, 6.45) is 3.57. The first-order valence-electron chi connectivity index (χ1n) is 10.4. The number of benzene rings is 2. The number of fused-ring (bicyclic) bond motifs is 2. The summed E-state index contributed by atoms with van der Waals surface area (Å²) in [6.45, 7) is 4.44. The third-order valence-electron chi connectivity index (χ3n) is 6.18. The topological polar surface area (TPSA) is 43.9 Å². The molecule has 0 bridgehead atoms. The fourth-order valence-corrected chi connectivity index (χ4v) is 6.51. The number of carbonyl (C=O) groups excluding carboxylic acids is 2. The van der Waals surface area contributed by atoms with Crippen molar-refractivity contribution in [3.63, 3.8) is 0 Å². The second-order valence-corrected chi connectivity index (χ2v) is 10.1. The van der Waals surface area contributed by atoms with Gasteiger partial charge in [-0.3, -0.25) is 24.3 Å². The van der Waals surface area contributed by atoms with Crippen molar-refractivity contribution in [3.05, 3.63) is 59.1 Å². The van der Waals surface area contributed by atoms with Gasteiger partial charge in [-0.25, -0.2) is 0 Å². The van der Waals surface area contributed by atoms with Gasteiger partial charge in [0.1, 0.15) is 0 Å². The van der Waals surface area contributed by atoms with E-state index in [1.54, 1.807) is 17.0 Å². The number of anilines is 2. The Bertz CT molecular complexity index is 1010. The van der Waals surface area contributed by atoms with Gasteiger partial charge in [-0.05, 0) is 57.1 Å². The smallest absolute Gasteiger partial charge is 0.269 e. The van der Waals surface area contributed by atoms with Crippen LogP contribution in [0.15, 0.2) is 48.5 Å². The molecule has 5 nitrogen and oxygen atoms in total. The van der Waals surface area contributed by atoms with Crippen LogP contribution in [0.2, 0.25) is 5.02 Å². The summed E-state index contributed by atoms with van der Waals surface area (Å²) in [6, 6.07) is 15.1. The number of hydrogen-bond donors (Lipinski definition) is 0. The Morgan fingerprint density at radius 2 is 1.83 bits per heavy atom. The predicted octanol–water partition coefficient (Wildman–Crippen LogP) is 4.45. The lowest BCUT2D eigenvalue weighted by molar-refractivity contribution is -0.124. The molecule has 7 heteroatoms. The molecule has 2 unspecified atom stereocenters. The molecule has 0 radical (unpaired) electrons. The van der Waals surface area contributed by atoms with Crippen molar-refractivity contribution in [2.75, 3.05) is 29.6 Å². The second kappa shape index (κ2) is 7.59. The molecule has 0 aromatic heterocycles. The summed E-state index contributed by atoms with van der Waals surface area (Å²) in [5.74, 6) is -0.109. The Balaban J connectivity index is 1.62. The first kappa shape index (κ1) is 19.9. The molecule has 2 fully saturated rings. The van der Waals surface area contributed by atoms with Crippen molar-refractivity contribution < 1.29 is 9.59 Å². The average Bonchev–Trinajstić information content (AvgIpc) is 3.15. The molecular weight excluding hydrogens is 418 g/mol. The zero-order valence-electron chi connectivity index (χ0n) is 16.9. The summed E-state index contributed by atoms with van der Waals surface area (Å²) in [5, 5.41) is 0.222. The highest BCUT2D eigenvalue weighted by Gasteiger charge is 2.63. The van der Waals surface area contributed by atoms with Crippen LogP contribution in [0.25, 0.3) is 0 Å². The Morgan fingerprint density at radius 3 is 2.60 bits per heavy atom. The van der Waals surface area contributed by atoms with E-state index in [-0.39, 0.29) is 17.1 Å². The minimum absolute atomic E-state index is 0.0445. The number of thioether (sulfide) groups is 1. The van der Waals surface area contributed by atoms with E-state index in [9.17, 15) is 9.59 Å². The first-order valence-corrected chi connectivity index (χ1v) is 11.7. The number of para-hydroxylation sites is 1. The average molecular weight is 442 g/mol. The standard InChI is InChI=1S/C23H24ClN3O2S/c1-16-21(28)27(18-9-7-8-17(24)14-18)23(30-16)19-10-3-4-11-20(19)26(22(23)29)15-25-12-5-2-6-13-25/h3-4,7-11,14,16H,2,5-6,12-13,15H2,1H3. The van der Waals surface area contributed by atoms with Crippen LogP contribution in [-0.4, -0.2) is 41.7 Å². The number of amides is 2. The quantitative estimate of drug-likeness (QED) is 0.705. The molecule has 2 aromatic rings. The van der Waals surface area contributed by atoms with Crippen molar-refractivity contribution in [1.29, 1.82) is 0 Å². The van der Waals surface area contributed by atoms with Crippen molar-refractivity contribution in [2.24, 2.45) is 0 Å². The normalized spacial score (nSPS) is 26.7. The van der Waals surface area contributed by atoms with Gasteiger partial charge in [-0.1, -0.05) is 42.3 Å². The Hall–Kier alpha value is -2.02. The van der Waals surface area contributed by atoms with Crippen LogP contribution >= 0.6 is 23.4 Å². The summed E-state index contributed by atoms with van der Waals surface area (Å²) in [4.78, 5) is 32.2. The van der Waals surface area contributed by atoms with Crippen molar-refractivity contribution in [1.82, 2.24) is 4.90 Å². The zero-order valence-corrected chi connectivity index (χ0v) is 18.5. The minimum Gasteiger partial charge on any atom is -0.295 e. The van der Waals surface area contributed by atoms with E-state index >= 15 is 0 Å². The van der Waals surface area contributed by atoms with Gasteiger partial charge in [0.15, 0.2) is 0 Å². The maximum Gasteiger partial charge on any atom is 0.269 e. The summed E-state index contributed by atoms with van der Waals surface area (Å²) < 4.78 is 0. The highest BCUT2D eigenvalue weighted by molar-refractivity contribution is 8.03. The Labute approximate surface area is 186 Å². The van der Waals surface area contributed by atoms with Crippen LogP contribution in [0.1, 0.15) is 31.7 Å². The molecule has 2 amide bonds. The van der Waals surface area contributed by atoms with Gasteiger partial charge in [0.05, 0.1) is 17.6 Å². The monoisotopic (exact) mass is 441 g/mol. The second-order valence-electron chi connectivity index (χ2n) is 8.13. The van der Waals surface area contributed by atoms with Gasteiger partial charge in [0, 0.05) is 16.3 Å². The third kappa shape index (κ3) is 2.96. The fraction of sp³-hybridized carbons (Fsp3) is 0.391. The predicted molar refractivity (Wildman–Crippen MR) is 122 cm³/mol. The van der Waals surface area contributed by atoms with E-state index in [1.165, 1.54) is 18.2 Å². The highest BCUT2D eigenvalue weighted by atomic mass is 35.5.